The fraction of sp³-hybridized carbons (Fsp3) is 0.333. The maximum atomic E-state index is 11.7. The molecule has 1 aliphatic carbocycles. The molecule has 0 aliphatic heterocycles. The van der Waals surface area contributed by atoms with Crippen molar-refractivity contribution in [2.75, 3.05) is 26.7 Å². The maximum Gasteiger partial charge on any atom is 0.387 e. The topological polar surface area (TPSA) is 92.5 Å². The zero-order valence-corrected chi connectivity index (χ0v) is 24.4. The van der Waals surface area contributed by atoms with Crippen LogP contribution >= 0.6 is 0 Å². The highest BCUT2D eigenvalue weighted by atomic mass is 19.3. The highest BCUT2D eigenvalue weighted by Crippen LogP contribution is 2.30. The molecule has 7 nitrogen and oxygen atoms in total. The third kappa shape index (κ3) is 14.4. The molecule has 5 rings (SSSR count). The second-order valence-electron chi connectivity index (χ2n) is 9.56. The van der Waals surface area contributed by atoms with Crippen LogP contribution in [0.5, 0.6) is 11.5 Å². The Labute approximate surface area is 246 Å². The van der Waals surface area contributed by atoms with Crippen LogP contribution in [0.3, 0.4) is 0 Å². The smallest absolute Gasteiger partial charge is 0.387 e. The summed E-state index contributed by atoms with van der Waals surface area (Å²) in [7, 11) is 1.84. The number of amides is 1. The van der Waals surface area contributed by atoms with E-state index in [9.17, 15) is 18.4 Å². The number of aryl methyl sites for hydroxylation is 2. The average molecular weight is 582 g/mol. The number of H-pyrrole nitrogens is 1. The van der Waals surface area contributed by atoms with Gasteiger partial charge in [-0.15, -0.1) is 0 Å². The van der Waals surface area contributed by atoms with Gasteiger partial charge in [-0.05, 0) is 81.1 Å². The number of hydrogen-bond acceptors (Lipinski definition) is 5. The van der Waals surface area contributed by atoms with Crippen LogP contribution in [0.4, 0.5) is 8.78 Å². The number of aromatic amines is 1. The van der Waals surface area contributed by atoms with Gasteiger partial charge in [0.15, 0.2) is 6.29 Å². The molecule has 1 heterocycles. The van der Waals surface area contributed by atoms with E-state index in [-0.39, 0.29) is 5.75 Å². The Morgan fingerprint density at radius 2 is 1.71 bits per heavy atom. The lowest BCUT2D eigenvalue weighted by molar-refractivity contribution is -0.109. The number of fused-ring (bicyclic) bond motifs is 1. The number of nitrogens with one attached hydrogen (secondary N) is 3. The van der Waals surface area contributed by atoms with Gasteiger partial charge in [-0.2, -0.15) is 8.78 Å². The molecule has 1 aromatic heterocycles. The van der Waals surface area contributed by atoms with Gasteiger partial charge in [0, 0.05) is 24.0 Å². The van der Waals surface area contributed by atoms with Gasteiger partial charge in [0.05, 0.1) is 12.3 Å². The van der Waals surface area contributed by atoms with E-state index < -0.39 is 6.61 Å². The summed E-state index contributed by atoms with van der Waals surface area (Å²) in [5.41, 5.74) is 3.89. The van der Waals surface area contributed by atoms with Crippen molar-refractivity contribution in [1.29, 1.82) is 0 Å². The van der Waals surface area contributed by atoms with Crippen molar-refractivity contribution >= 4 is 23.6 Å². The molecule has 4 aromatic rings. The number of aldehydes is 1. The van der Waals surface area contributed by atoms with Crippen LogP contribution in [0.1, 0.15) is 41.4 Å². The molecular weight excluding hydrogens is 540 g/mol. The summed E-state index contributed by atoms with van der Waals surface area (Å²) in [5.74, 6) is 1.87. The highest BCUT2D eigenvalue weighted by Gasteiger charge is 2.21. The second-order valence-corrected chi connectivity index (χ2v) is 9.56. The Morgan fingerprint density at radius 1 is 0.952 bits per heavy atom. The SMILES string of the molecule is CCc1cccc(OC(F)F)c1.CNCCNC=O.Cc1ccccc1.O=Cc1cc2cc(OCC3CC3)ccc2[nH]1. The third-order valence-electron chi connectivity index (χ3n) is 6.00. The van der Waals surface area contributed by atoms with Crippen molar-refractivity contribution in [2.24, 2.45) is 5.92 Å². The van der Waals surface area contributed by atoms with Gasteiger partial charge < -0.3 is 25.1 Å². The van der Waals surface area contributed by atoms with Crippen molar-refractivity contribution < 1.29 is 27.8 Å². The summed E-state index contributed by atoms with van der Waals surface area (Å²) in [6.07, 6.45) is 4.92. The van der Waals surface area contributed by atoms with Crippen molar-refractivity contribution in [3.8, 4) is 11.5 Å². The van der Waals surface area contributed by atoms with Crippen LogP contribution in [0, 0.1) is 12.8 Å². The third-order valence-corrected chi connectivity index (χ3v) is 6.00. The lowest BCUT2D eigenvalue weighted by Crippen LogP contribution is -2.23. The van der Waals surface area contributed by atoms with Crippen LogP contribution in [0.15, 0.2) is 78.9 Å². The lowest BCUT2D eigenvalue weighted by atomic mass is 10.2. The number of hydrogen-bond donors (Lipinski definition) is 3. The molecule has 3 aromatic carbocycles. The first-order valence-corrected chi connectivity index (χ1v) is 14.0. The number of benzene rings is 3. The molecule has 0 radical (unpaired) electrons. The average Bonchev–Trinajstić information content (AvgIpc) is 3.74. The Kier molecular flexibility index (Phi) is 16.0. The molecule has 42 heavy (non-hydrogen) atoms. The Balaban J connectivity index is 0.000000210. The number of alkyl halides is 2. The van der Waals surface area contributed by atoms with Crippen LogP contribution in [0.2, 0.25) is 0 Å². The van der Waals surface area contributed by atoms with Gasteiger partial charge in [0.1, 0.15) is 11.5 Å². The zero-order valence-electron chi connectivity index (χ0n) is 24.4. The number of aromatic nitrogens is 1. The lowest BCUT2D eigenvalue weighted by Gasteiger charge is -2.04. The Hall–Kier alpha value is -4.24. The fourth-order valence-electron chi connectivity index (χ4n) is 3.52. The number of ether oxygens (including phenoxy) is 2. The first-order valence-electron chi connectivity index (χ1n) is 14.0. The predicted molar refractivity (Wildman–Crippen MR) is 164 cm³/mol. The number of rotatable bonds is 11. The monoisotopic (exact) mass is 581 g/mol. The quantitative estimate of drug-likeness (QED) is 0.138. The van der Waals surface area contributed by atoms with Gasteiger partial charge in [0.2, 0.25) is 6.41 Å². The molecule has 226 valence electrons. The van der Waals surface area contributed by atoms with E-state index in [0.717, 1.165) is 54.0 Å². The van der Waals surface area contributed by atoms with E-state index in [1.165, 1.54) is 24.5 Å². The van der Waals surface area contributed by atoms with E-state index >= 15 is 0 Å². The predicted octanol–water partition coefficient (Wildman–Crippen LogP) is 6.57. The zero-order chi connectivity index (χ0) is 30.6. The van der Waals surface area contributed by atoms with Gasteiger partial charge in [-0.3, -0.25) is 9.59 Å². The first kappa shape index (κ1) is 34.0. The number of carbonyl (C=O) groups excluding carboxylic acids is 2. The molecule has 0 spiro atoms. The van der Waals surface area contributed by atoms with Crippen LogP contribution in [-0.4, -0.2) is 51.0 Å². The standard InChI is InChI=1S/C13H13NO2.C9H10F2O.C7H8.C4H10N2O/c15-7-11-5-10-6-12(3-4-13(10)14-11)16-8-9-1-2-9;1-2-7-4-3-5-8(6-7)12-9(10)11;1-7-5-3-2-4-6-7;1-5-2-3-6-4-7/h3-7,9,14H,1-2,8H2;3-6,9H,2H2,1H3;2-6H,1H3;4-5H,2-3H2,1H3,(H,6,7). The molecule has 3 N–H and O–H groups in total. The number of carbonyl (C=O) groups is 2. The van der Waals surface area contributed by atoms with Gasteiger partial charge in [-0.1, -0.05) is 55.0 Å². The molecular formula is C33H41F2N3O4. The molecule has 1 amide bonds. The second kappa shape index (κ2) is 19.8. The van der Waals surface area contributed by atoms with Crippen molar-refractivity contribution in [3.63, 3.8) is 0 Å². The number of likely N-dealkylation sites (N-methyl/N-ethyl adjacent to an activating group) is 1. The summed E-state index contributed by atoms with van der Waals surface area (Å²) in [5, 5.41) is 6.41. The molecule has 0 bridgehead atoms. The molecule has 0 saturated heterocycles. The molecule has 1 aliphatic rings. The fourth-order valence-corrected chi connectivity index (χ4v) is 3.52. The van der Waals surface area contributed by atoms with Gasteiger partial charge in [-0.25, -0.2) is 0 Å². The van der Waals surface area contributed by atoms with Gasteiger partial charge >= 0.3 is 6.61 Å². The van der Waals surface area contributed by atoms with E-state index in [1.807, 2.05) is 62.5 Å². The summed E-state index contributed by atoms with van der Waals surface area (Å²) in [6, 6.07) is 24.7. The van der Waals surface area contributed by atoms with Crippen molar-refractivity contribution in [2.45, 2.75) is 39.7 Å². The summed E-state index contributed by atoms with van der Waals surface area (Å²) in [6.45, 7) is 3.66. The van der Waals surface area contributed by atoms with Gasteiger partial charge in [0.25, 0.3) is 0 Å². The van der Waals surface area contributed by atoms with E-state index in [2.05, 4.69) is 39.4 Å². The minimum absolute atomic E-state index is 0.226. The number of halogens is 2. The first-order chi connectivity index (χ1) is 20.4. The minimum Gasteiger partial charge on any atom is -0.493 e. The normalized spacial score (nSPS) is 11.6. The summed E-state index contributed by atoms with van der Waals surface area (Å²) in [4.78, 5) is 23.2. The van der Waals surface area contributed by atoms with E-state index in [0.29, 0.717) is 18.6 Å². The molecule has 0 unspecified atom stereocenters. The van der Waals surface area contributed by atoms with Crippen LogP contribution in [0.25, 0.3) is 10.9 Å². The van der Waals surface area contributed by atoms with E-state index in [4.69, 9.17) is 4.74 Å². The summed E-state index contributed by atoms with van der Waals surface area (Å²) >= 11 is 0. The molecule has 1 fully saturated rings. The highest BCUT2D eigenvalue weighted by molar-refractivity contribution is 5.88. The van der Waals surface area contributed by atoms with E-state index in [1.54, 1.807) is 12.1 Å². The minimum atomic E-state index is -2.74. The van der Waals surface area contributed by atoms with Crippen molar-refractivity contribution in [3.05, 3.63) is 95.7 Å². The van der Waals surface area contributed by atoms with Crippen LogP contribution < -0.4 is 20.1 Å². The molecule has 0 atom stereocenters. The largest absolute Gasteiger partial charge is 0.493 e. The summed E-state index contributed by atoms with van der Waals surface area (Å²) < 4.78 is 33.4. The molecule has 1 saturated carbocycles. The van der Waals surface area contributed by atoms with Crippen molar-refractivity contribution in [1.82, 2.24) is 15.6 Å². The maximum absolute atomic E-state index is 11.7. The van der Waals surface area contributed by atoms with Crippen LogP contribution in [-0.2, 0) is 11.2 Å². The Bertz CT molecular complexity index is 1310. The Morgan fingerprint density at radius 3 is 2.29 bits per heavy atom. The molecule has 9 heteroatoms.